The number of rotatable bonds is 12. The van der Waals surface area contributed by atoms with Crippen molar-refractivity contribution in [1.82, 2.24) is 38.9 Å². The van der Waals surface area contributed by atoms with Crippen LogP contribution < -0.4 is 0 Å². The molecule has 5 aromatic heterocycles. The van der Waals surface area contributed by atoms with Gasteiger partial charge in [0.2, 0.25) is 0 Å². The third-order valence-electron chi connectivity index (χ3n) is 7.93. The molecule has 9 nitrogen and oxygen atoms in total. The molecule has 5 rings (SSSR count). The van der Waals surface area contributed by atoms with Crippen molar-refractivity contribution in [2.75, 3.05) is 0 Å². The van der Waals surface area contributed by atoms with E-state index in [4.69, 9.17) is 4.42 Å². The summed E-state index contributed by atoms with van der Waals surface area (Å²) >= 11 is 0. The number of furan rings is 1. The van der Waals surface area contributed by atoms with Crippen LogP contribution in [0.1, 0.15) is 124 Å². The fourth-order valence-electron chi connectivity index (χ4n) is 4.87. The van der Waals surface area contributed by atoms with E-state index in [0.717, 1.165) is 61.5 Å². The molecule has 0 aliphatic carbocycles. The number of H-pyrrole nitrogens is 1. The molecule has 0 aromatic carbocycles. The van der Waals surface area contributed by atoms with Gasteiger partial charge in [-0.05, 0) is 92.2 Å². The summed E-state index contributed by atoms with van der Waals surface area (Å²) < 4.78 is 11.4. The van der Waals surface area contributed by atoms with Crippen molar-refractivity contribution < 1.29 is 4.42 Å². The van der Waals surface area contributed by atoms with Gasteiger partial charge in [0.05, 0.1) is 25.2 Å². The molecule has 9 heteroatoms. The Morgan fingerprint density at radius 2 is 1.46 bits per heavy atom. The van der Waals surface area contributed by atoms with Crippen LogP contribution in [0.4, 0.5) is 0 Å². The molecule has 0 saturated carbocycles. The molecule has 0 fully saturated rings. The quantitative estimate of drug-likeness (QED) is 0.139. The maximum Gasteiger partial charge on any atom is 0.104 e. The summed E-state index contributed by atoms with van der Waals surface area (Å²) in [6.45, 7) is 27.6. The van der Waals surface area contributed by atoms with E-state index in [0.29, 0.717) is 11.3 Å². The summed E-state index contributed by atoms with van der Waals surface area (Å²) in [6, 6.07) is 4.06. The van der Waals surface area contributed by atoms with Gasteiger partial charge in [-0.15, -0.1) is 0 Å². The molecule has 0 spiro atoms. The van der Waals surface area contributed by atoms with Crippen molar-refractivity contribution in [3.05, 3.63) is 96.8 Å². The molecule has 0 saturated heterocycles. The highest BCUT2D eigenvalue weighted by molar-refractivity contribution is 5.06. The van der Waals surface area contributed by atoms with Gasteiger partial charge in [-0.25, -0.2) is 15.0 Å². The Balaban J connectivity index is 0.000000326. The highest BCUT2D eigenvalue weighted by Crippen LogP contribution is 2.21. The van der Waals surface area contributed by atoms with E-state index < -0.39 is 0 Å². The summed E-state index contributed by atoms with van der Waals surface area (Å²) in [7, 11) is 3.99. The van der Waals surface area contributed by atoms with Crippen molar-refractivity contribution >= 4 is 0 Å². The smallest absolute Gasteiger partial charge is 0.104 e. The predicted molar refractivity (Wildman–Crippen MR) is 218 cm³/mol. The molecule has 1 N–H and O–H groups in total. The molecular formula is C43H74N8O. The lowest BCUT2D eigenvalue weighted by atomic mass is 9.90. The van der Waals surface area contributed by atoms with Crippen LogP contribution in [0.25, 0.3) is 0 Å². The zero-order valence-corrected chi connectivity index (χ0v) is 35.4. The third-order valence-corrected chi connectivity index (χ3v) is 7.93. The normalized spacial score (nSPS) is 11.0. The number of hydrogen-bond donors (Lipinski definition) is 1. The molecule has 5 aromatic rings. The molecule has 0 amide bonds. The maximum atomic E-state index is 5.39. The number of aryl methyl sites for hydroxylation is 6. The predicted octanol–water partition coefficient (Wildman–Crippen LogP) is 10.7. The minimum Gasteiger partial charge on any atom is -0.466 e. The lowest BCUT2D eigenvalue weighted by Crippen LogP contribution is -2.07. The average molecular weight is 719 g/mol. The van der Waals surface area contributed by atoms with Gasteiger partial charge in [0.15, 0.2) is 0 Å². The number of hydrogen-bond acceptors (Lipinski definition) is 5. The highest BCUT2D eigenvalue weighted by Gasteiger charge is 2.11. The van der Waals surface area contributed by atoms with Crippen molar-refractivity contribution in [2.45, 2.75) is 135 Å². The zero-order valence-electron chi connectivity index (χ0n) is 35.4. The van der Waals surface area contributed by atoms with Gasteiger partial charge < -0.3 is 18.5 Å². The Hall–Kier alpha value is -3.88. The molecular weight excluding hydrogens is 645 g/mol. The Labute approximate surface area is 317 Å². The second kappa shape index (κ2) is 25.2. The van der Waals surface area contributed by atoms with Gasteiger partial charge in [-0.1, -0.05) is 76.2 Å². The molecule has 5 heterocycles. The van der Waals surface area contributed by atoms with E-state index >= 15 is 0 Å². The molecule has 0 unspecified atom stereocenters. The van der Waals surface area contributed by atoms with E-state index in [1.807, 2.05) is 75.4 Å². The van der Waals surface area contributed by atoms with Crippen molar-refractivity contribution in [2.24, 2.45) is 43.2 Å². The van der Waals surface area contributed by atoms with Crippen LogP contribution in [-0.4, -0.2) is 38.9 Å². The number of aromatic amines is 1. The van der Waals surface area contributed by atoms with Crippen molar-refractivity contribution in [3.8, 4) is 0 Å². The first-order chi connectivity index (χ1) is 24.4. The van der Waals surface area contributed by atoms with Crippen LogP contribution in [0.2, 0.25) is 0 Å². The molecule has 0 aliphatic rings. The van der Waals surface area contributed by atoms with E-state index in [1.54, 1.807) is 6.33 Å². The fraction of sp³-hybridized carbons (Fsp3) is 0.628. The van der Waals surface area contributed by atoms with E-state index in [1.165, 1.54) is 36.2 Å². The summed E-state index contributed by atoms with van der Waals surface area (Å²) in [5.74, 6) is 5.09. The number of nitrogens with one attached hydrogen (secondary N) is 1. The fourth-order valence-corrected chi connectivity index (χ4v) is 4.87. The van der Waals surface area contributed by atoms with Crippen LogP contribution >= 0.6 is 0 Å². The average Bonchev–Trinajstić information content (AvgIpc) is 3.89. The highest BCUT2D eigenvalue weighted by atomic mass is 16.3. The Kier molecular flexibility index (Phi) is 22.3. The Bertz CT molecular complexity index is 1420. The molecule has 292 valence electrons. The molecule has 0 bridgehead atoms. The minimum atomic E-state index is 0.421. The summed E-state index contributed by atoms with van der Waals surface area (Å²) in [6.07, 6.45) is 25.2. The first kappa shape index (κ1) is 46.1. The molecule has 0 radical (unpaired) electrons. The second-order valence-electron chi connectivity index (χ2n) is 16.8. The topological polar surface area (TPSA) is 95.3 Å². The van der Waals surface area contributed by atoms with E-state index in [9.17, 15) is 0 Å². The van der Waals surface area contributed by atoms with E-state index in [-0.39, 0.29) is 0 Å². The first-order valence-electron chi connectivity index (χ1n) is 19.3. The van der Waals surface area contributed by atoms with Crippen LogP contribution in [0.15, 0.2) is 72.7 Å². The maximum absolute atomic E-state index is 5.39. The van der Waals surface area contributed by atoms with E-state index in [2.05, 4.69) is 123 Å². The minimum absolute atomic E-state index is 0.421. The van der Waals surface area contributed by atoms with Crippen LogP contribution in [0, 0.1) is 36.0 Å². The zero-order chi connectivity index (χ0) is 39.1. The number of imidazole rings is 3. The van der Waals surface area contributed by atoms with Gasteiger partial charge in [0.1, 0.15) is 11.5 Å². The second-order valence-corrected chi connectivity index (χ2v) is 16.8. The van der Waals surface area contributed by atoms with Gasteiger partial charge in [-0.2, -0.15) is 5.10 Å². The van der Waals surface area contributed by atoms with Gasteiger partial charge >= 0.3 is 0 Å². The van der Waals surface area contributed by atoms with Crippen molar-refractivity contribution in [1.29, 1.82) is 0 Å². The van der Waals surface area contributed by atoms with Gasteiger partial charge in [0.25, 0.3) is 0 Å². The van der Waals surface area contributed by atoms with Gasteiger partial charge in [-0.3, -0.25) is 4.68 Å². The summed E-state index contributed by atoms with van der Waals surface area (Å²) in [5, 5.41) is 4.09. The third kappa shape index (κ3) is 24.3. The summed E-state index contributed by atoms with van der Waals surface area (Å²) in [4.78, 5) is 15.1. The van der Waals surface area contributed by atoms with Crippen LogP contribution in [0.5, 0.6) is 0 Å². The molecule has 0 atom stereocenters. The van der Waals surface area contributed by atoms with Crippen LogP contribution in [-0.2, 0) is 46.3 Å². The Morgan fingerprint density at radius 3 is 1.90 bits per heavy atom. The monoisotopic (exact) mass is 719 g/mol. The Morgan fingerprint density at radius 1 is 0.769 bits per heavy atom. The first-order valence-corrected chi connectivity index (χ1v) is 19.3. The van der Waals surface area contributed by atoms with Crippen LogP contribution in [0.3, 0.4) is 0 Å². The SMILES string of the molecule is CC(C)CCc1cnc[nH]1.CC(C)CCn1ccnc1.CC(C)Cc1cnn(C)c1.Cc1ccc(CC(C)C)o1.Cn1cncc1CCC(C)(C)C. The number of aromatic nitrogens is 8. The largest absolute Gasteiger partial charge is 0.466 e. The lowest BCUT2D eigenvalue weighted by Gasteiger charge is -2.17. The van der Waals surface area contributed by atoms with Gasteiger partial charge in [0, 0.05) is 69.4 Å². The van der Waals surface area contributed by atoms with Crippen molar-refractivity contribution in [3.63, 3.8) is 0 Å². The molecule has 52 heavy (non-hydrogen) atoms. The summed E-state index contributed by atoms with van der Waals surface area (Å²) in [5.41, 5.74) is 4.32. The standard InChI is InChI=1S/C10H18N2.C9H14O.3C8H14N2/c1-10(2,3)6-5-9-7-11-8-12(9)4;1-7(2)6-9-5-4-8(3)10-9;1-7(2)4-8-5-9-10(3)6-8;1-8(2)3-5-10-6-4-9-7-10;1-7(2)3-4-8-5-9-6-10-8/h7-8H,5-6H2,1-4H3;4-5,7H,6H2,1-3H3;5-7H,4H2,1-3H3;4,6-8H,3,5H2,1-2H3;5-7H,3-4H2,1-2H3,(H,9,10). The molecule has 0 aliphatic heterocycles. The lowest BCUT2D eigenvalue weighted by molar-refractivity contribution is 0.375. The number of nitrogens with zero attached hydrogens (tertiary/aromatic N) is 7.